The number of amides is 1. The minimum Gasteiger partial charge on any atom is -0.481 e. The van der Waals surface area contributed by atoms with Crippen molar-refractivity contribution in [3.8, 4) is 0 Å². The van der Waals surface area contributed by atoms with Crippen LogP contribution >= 0.6 is 0 Å². The second kappa shape index (κ2) is 22.4. The number of hydrogen-bond donors (Lipinski definition) is 2. The van der Waals surface area contributed by atoms with Gasteiger partial charge in [-0.3, -0.25) is 9.59 Å². The normalized spacial score (nSPS) is 11.9. The minimum atomic E-state index is -0.772. The Bertz CT molecular complexity index is 679. The molecule has 0 bridgehead atoms. The molecule has 1 aromatic rings. The highest BCUT2D eigenvalue weighted by atomic mass is 16.4. The van der Waals surface area contributed by atoms with E-state index < -0.39 is 11.9 Å². The molecule has 0 aliphatic rings. The van der Waals surface area contributed by atoms with Crippen LogP contribution in [0, 0.1) is 5.92 Å². The Labute approximate surface area is 215 Å². The number of nitrogens with two attached hydrogens (primary N) is 1. The van der Waals surface area contributed by atoms with E-state index in [2.05, 4.69) is 20.8 Å². The summed E-state index contributed by atoms with van der Waals surface area (Å²) < 4.78 is 0. The number of hydrogen-bond acceptors (Lipinski definition) is 2. The lowest BCUT2D eigenvalue weighted by Crippen LogP contribution is -2.07. The van der Waals surface area contributed by atoms with Crippen LogP contribution in [0.1, 0.15) is 135 Å². The van der Waals surface area contributed by atoms with Gasteiger partial charge in [0.25, 0.3) is 0 Å². The Balaban J connectivity index is 0.000000686. The van der Waals surface area contributed by atoms with Gasteiger partial charge in [0.15, 0.2) is 0 Å². The summed E-state index contributed by atoms with van der Waals surface area (Å²) in [5.41, 5.74) is 7.16. The molecule has 0 saturated carbocycles. The monoisotopic (exact) mass is 487 g/mol. The molecule has 1 atom stereocenters. The molecule has 0 aliphatic heterocycles. The zero-order chi connectivity index (χ0) is 26.3. The highest BCUT2D eigenvalue weighted by molar-refractivity contribution is 5.85. The predicted octanol–water partition coefficient (Wildman–Crippen LogP) is 8.58. The Hall–Kier alpha value is -2.10. The first-order valence-electron chi connectivity index (χ1n) is 14.1. The zero-order valence-electron chi connectivity index (χ0n) is 23.1. The fourth-order valence-electron chi connectivity index (χ4n) is 4.04. The number of carbonyl (C=O) groups is 2. The van der Waals surface area contributed by atoms with Crippen molar-refractivity contribution < 1.29 is 14.7 Å². The third kappa shape index (κ3) is 20.9. The largest absolute Gasteiger partial charge is 0.481 e. The van der Waals surface area contributed by atoms with Crippen molar-refractivity contribution in [1.82, 2.24) is 0 Å². The Morgan fingerprint density at radius 2 is 1.26 bits per heavy atom. The average Bonchev–Trinajstić information content (AvgIpc) is 2.81. The van der Waals surface area contributed by atoms with Gasteiger partial charge in [0, 0.05) is 0 Å². The molecule has 1 aromatic carbocycles. The molecule has 1 amide bonds. The molecule has 4 heteroatoms. The zero-order valence-corrected chi connectivity index (χ0v) is 23.1. The number of rotatable bonds is 19. The molecule has 0 heterocycles. The molecule has 35 heavy (non-hydrogen) atoms. The fourth-order valence-corrected chi connectivity index (χ4v) is 4.04. The lowest BCUT2D eigenvalue weighted by molar-refractivity contribution is -0.138. The molecule has 1 unspecified atom stereocenters. The lowest BCUT2D eigenvalue weighted by Gasteiger charge is -2.09. The van der Waals surface area contributed by atoms with Crippen molar-refractivity contribution in [1.29, 1.82) is 0 Å². The van der Waals surface area contributed by atoms with E-state index in [-0.39, 0.29) is 5.91 Å². The third-order valence-electron chi connectivity index (χ3n) is 6.25. The molecule has 0 aromatic heterocycles. The topological polar surface area (TPSA) is 80.4 Å². The summed E-state index contributed by atoms with van der Waals surface area (Å²) in [6.45, 7) is 8.33. The molecule has 0 saturated heterocycles. The van der Waals surface area contributed by atoms with Gasteiger partial charge >= 0.3 is 5.97 Å². The van der Waals surface area contributed by atoms with Crippen molar-refractivity contribution in [3.63, 3.8) is 0 Å². The van der Waals surface area contributed by atoms with Crippen molar-refractivity contribution in [3.05, 3.63) is 47.5 Å². The lowest BCUT2D eigenvalue weighted by atomic mass is 9.97. The number of primary amides is 1. The van der Waals surface area contributed by atoms with Crippen molar-refractivity contribution in [2.75, 3.05) is 0 Å². The Morgan fingerprint density at radius 3 is 1.66 bits per heavy atom. The van der Waals surface area contributed by atoms with E-state index in [4.69, 9.17) is 10.8 Å². The van der Waals surface area contributed by atoms with Crippen molar-refractivity contribution in [2.24, 2.45) is 11.7 Å². The van der Waals surface area contributed by atoms with Crippen LogP contribution in [-0.4, -0.2) is 17.0 Å². The second-order valence-corrected chi connectivity index (χ2v) is 10.2. The number of benzene rings is 1. The maximum atomic E-state index is 10.8. The molecular formula is C31H53NO3. The van der Waals surface area contributed by atoms with E-state index in [1.807, 2.05) is 30.3 Å². The summed E-state index contributed by atoms with van der Waals surface area (Å²) in [5, 5.41) is 8.85. The number of carboxylic acids is 1. The van der Waals surface area contributed by atoms with Crippen molar-refractivity contribution in [2.45, 2.75) is 130 Å². The van der Waals surface area contributed by atoms with Crippen LogP contribution in [0.2, 0.25) is 0 Å². The quantitative estimate of drug-likeness (QED) is 0.151. The maximum absolute atomic E-state index is 10.8. The van der Waals surface area contributed by atoms with Crippen LogP contribution in [0.4, 0.5) is 0 Å². The summed E-state index contributed by atoms with van der Waals surface area (Å²) in [7, 11) is 0. The first-order valence-corrected chi connectivity index (χ1v) is 14.1. The minimum absolute atomic E-state index is 0.334. The van der Waals surface area contributed by atoms with Gasteiger partial charge in [-0.15, -0.1) is 0 Å². The van der Waals surface area contributed by atoms with E-state index in [0.29, 0.717) is 5.92 Å². The molecule has 0 radical (unpaired) electrons. The second-order valence-electron chi connectivity index (χ2n) is 10.2. The third-order valence-corrected chi connectivity index (χ3v) is 6.25. The molecule has 0 aliphatic carbocycles. The number of carboxylic acid groups (broad SMARTS) is 1. The summed E-state index contributed by atoms with van der Waals surface area (Å²) in [4.78, 5) is 21.2. The van der Waals surface area contributed by atoms with E-state index in [1.165, 1.54) is 95.1 Å². The molecule has 1 rings (SSSR count). The molecule has 3 N–H and O–H groups in total. The summed E-state index contributed by atoms with van der Waals surface area (Å²) in [6.07, 6.45) is 23.3. The van der Waals surface area contributed by atoms with Gasteiger partial charge in [-0.05, 0) is 49.3 Å². The van der Waals surface area contributed by atoms with Gasteiger partial charge in [-0.1, -0.05) is 128 Å². The van der Waals surface area contributed by atoms with Crippen LogP contribution < -0.4 is 5.73 Å². The maximum Gasteiger partial charge on any atom is 0.310 e. The van der Waals surface area contributed by atoms with Gasteiger partial charge in [0.2, 0.25) is 5.91 Å². The highest BCUT2D eigenvalue weighted by Crippen LogP contribution is 2.17. The van der Waals surface area contributed by atoms with E-state index in [9.17, 15) is 9.59 Å². The van der Waals surface area contributed by atoms with E-state index in [1.54, 1.807) is 6.92 Å². The van der Waals surface area contributed by atoms with Crippen LogP contribution in [0.25, 0.3) is 0 Å². The predicted molar refractivity (Wildman–Crippen MR) is 150 cm³/mol. The van der Waals surface area contributed by atoms with E-state index in [0.717, 1.165) is 18.4 Å². The number of allylic oxidation sites excluding steroid dienone is 1. The average molecular weight is 488 g/mol. The summed E-state index contributed by atoms with van der Waals surface area (Å²) >= 11 is 0. The number of unbranched alkanes of at least 4 members (excludes halogenated alkanes) is 13. The van der Waals surface area contributed by atoms with E-state index >= 15 is 0 Å². The molecule has 200 valence electrons. The Morgan fingerprint density at radius 1 is 0.800 bits per heavy atom. The fraction of sp³-hybridized carbons (Fsp3) is 0.677. The molecule has 4 nitrogen and oxygen atoms in total. The van der Waals surface area contributed by atoms with Crippen LogP contribution in [-0.2, 0) is 16.0 Å². The van der Waals surface area contributed by atoms with Gasteiger partial charge in [-0.2, -0.15) is 0 Å². The van der Waals surface area contributed by atoms with Gasteiger partial charge < -0.3 is 10.8 Å². The standard InChI is InChI=1S/C18H35NO.C13H18O2/c1-2-3-4-5-6-7-8-9-10-11-12-13-14-15-16-17-18(19)20;1-9(2)8-11-4-6-12(7-5-11)10(3)13(14)15/h16-17H,2-15H2,1H3,(H2,19,20);4-7,9-10H,8H2,1-3H3,(H,14,15). The molecular weight excluding hydrogens is 434 g/mol. The summed E-state index contributed by atoms with van der Waals surface area (Å²) in [5.74, 6) is -0.892. The smallest absolute Gasteiger partial charge is 0.310 e. The first-order chi connectivity index (χ1) is 16.8. The number of carbonyl (C=O) groups excluding carboxylic acids is 1. The number of aliphatic carboxylic acids is 1. The first kappa shape index (κ1) is 32.9. The van der Waals surface area contributed by atoms with Crippen molar-refractivity contribution >= 4 is 11.9 Å². The summed E-state index contributed by atoms with van der Waals surface area (Å²) in [6, 6.07) is 7.87. The van der Waals surface area contributed by atoms with Gasteiger partial charge in [0.1, 0.15) is 0 Å². The van der Waals surface area contributed by atoms with Crippen LogP contribution in [0.5, 0.6) is 0 Å². The Kier molecular flexibility index (Phi) is 21.0. The molecule has 0 spiro atoms. The SMILES string of the molecule is CC(C)Cc1ccc(C(C)C(=O)O)cc1.CCCCCCCCCCCCCCCC=CC(N)=O. The highest BCUT2D eigenvalue weighted by Gasteiger charge is 2.12. The molecule has 0 fully saturated rings. The van der Waals surface area contributed by atoms with Crippen LogP contribution in [0.3, 0.4) is 0 Å². The van der Waals surface area contributed by atoms with Gasteiger partial charge in [-0.25, -0.2) is 0 Å². The van der Waals surface area contributed by atoms with Gasteiger partial charge in [0.05, 0.1) is 5.92 Å². The van der Waals surface area contributed by atoms with Crippen LogP contribution in [0.15, 0.2) is 36.4 Å².